The van der Waals surface area contributed by atoms with Gasteiger partial charge in [0.1, 0.15) is 10.6 Å². The second-order valence-electron chi connectivity index (χ2n) is 8.73. The summed E-state index contributed by atoms with van der Waals surface area (Å²) in [6.07, 6.45) is 3.61. The van der Waals surface area contributed by atoms with Crippen molar-refractivity contribution < 1.29 is 31.5 Å². The van der Waals surface area contributed by atoms with Crippen LogP contribution in [-0.2, 0) is 31.1 Å². The summed E-state index contributed by atoms with van der Waals surface area (Å²) in [5.74, 6) is -0.698. The Morgan fingerprint density at radius 3 is 2.39 bits per heavy atom. The van der Waals surface area contributed by atoms with E-state index < -0.39 is 38.5 Å². The van der Waals surface area contributed by atoms with E-state index in [0.29, 0.717) is 29.7 Å². The highest BCUT2D eigenvalue weighted by atomic mass is 32.2. The molecule has 1 aliphatic rings. The lowest BCUT2D eigenvalue weighted by Crippen LogP contribution is -2.30. The Labute approximate surface area is 210 Å². The van der Waals surface area contributed by atoms with Crippen molar-refractivity contribution in [3.63, 3.8) is 0 Å². The molecular formula is C26H27NO7S2. The number of carboxylic acid groups (broad SMARTS) is 1. The Morgan fingerprint density at radius 2 is 1.69 bits per heavy atom. The lowest BCUT2D eigenvalue weighted by atomic mass is 9.99. The van der Waals surface area contributed by atoms with Crippen LogP contribution in [0.25, 0.3) is 11.1 Å². The highest BCUT2D eigenvalue weighted by Gasteiger charge is 2.30. The molecule has 0 saturated heterocycles. The van der Waals surface area contributed by atoms with Crippen LogP contribution < -0.4 is 9.46 Å². The van der Waals surface area contributed by atoms with Gasteiger partial charge in [-0.2, -0.15) is 0 Å². The zero-order valence-electron chi connectivity index (χ0n) is 19.7. The molecule has 0 saturated carbocycles. The largest absolute Gasteiger partial charge is 0.482 e. The molecule has 1 aliphatic carbocycles. The van der Waals surface area contributed by atoms with E-state index in [2.05, 4.69) is 4.72 Å². The molecule has 3 aromatic rings. The van der Waals surface area contributed by atoms with Crippen LogP contribution in [0.5, 0.6) is 5.75 Å². The molecule has 190 valence electrons. The number of rotatable bonds is 8. The fourth-order valence-electron chi connectivity index (χ4n) is 4.46. The van der Waals surface area contributed by atoms with Crippen molar-refractivity contribution in [3.8, 4) is 16.9 Å². The molecule has 0 heterocycles. The standard InChI is InChI=1S/C26H27NO7S2/c1-35(30,31)25-16-19(18-8-3-2-4-9-18)14-15-24(25)36(32,33)27-22-12-6-5-10-21-20(22)11-7-13-23(21)34-17-26(28)29/h2-4,7-9,11,13-16,22,27H,5-6,10,12,17H2,1H3,(H,28,29). The van der Waals surface area contributed by atoms with Gasteiger partial charge in [0.15, 0.2) is 16.4 Å². The van der Waals surface area contributed by atoms with Gasteiger partial charge in [-0.05, 0) is 59.7 Å². The summed E-state index contributed by atoms with van der Waals surface area (Å²) in [6.45, 7) is -0.502. The Kier molecular flexibility index (Phi) is 7.49. The molecule has 0 bridgehead atoms. The Morgan fingerprint density at radius 1 is 0.944 bits per heavy atom. The number of hydrogen-bond donors (Lipinski definition) is 2. The number of aliphatic carboxylic acids is 1. The monoisotopic (exact) mass is 529 g/mol. The summed E-state index contributed by atoms with van der Waals surface area (Å²) >= 11 is 0. The smallest absolute Gasteiger partial charge is 0.341 e. The molecule has 0 amide bonds. The lowest BCUT2D eigenvalue weighted by Gasteiger charge is -2.22. The quantitative estimate of drug-likeness (QED) is 0.423. The second kappa shape index (κ2) is 10.4. The van der Waals surface area contributed by atoms with Crippen LogP contribution in [0.15, 0.2) is 76.5 Å². The van der Waals surface area contributed by atoms with Crippen LogP contribution in [-0.4, -0.2) is 40.8 Å². The predicted octanol–water partition coefficient (Wildman–Crippen LogP) is 3.97. The first kappa shape index (κ1) is 25.9. The van der Waals surface area contributed by atoms with E-state index in [1.165, 1.54) is 12.1 Å². The highest BCUT2D eigenvalue weighted by molar-refractivity contribution is 7.93. The molecule has 36 heavy (non-hydrogen) atoms. The van der Waals surface area contributed by atoms with Gasteiger partial charge in [-0.1, -0.05) is 55.0 Å². The number of ether oxygens (including phenoxy) is 1. The maximum atomic E-state index is 13.6. The summed E-state index contributed by atoms with van der Waals surface area (Å²) < 4.78 is 60.6. The van der Waals surface area contributed by atoms with Crippen LogP contribution in [0, 0.1) is 0 Å². The number of benzene rings is 3. The number of sulfonamides is 1. The van der Waals surface area contributed by atoms with Crippen LogP contribution in [0.3, 0.4) is 0 Å². The van der Waals surface area contributed by atoms with Gasteiger partial charge >= 0.3 is 5.97 Å². The molecular weight excluding hydrogens is 502 g/mol. The summed E-state index contributed by atoms with van der Waals surface area (Å²) in [5, 5.41) is 8.98. The number of hydrogen-bond acceptors (Lipinski definition) is 6. The zero-order valence-corrected chi connectivity index (χ0v) is 21.3. The maximum absolute atomic E-state index is 13.6. The second-order valence-corrected chi connectivity index (χ2v) is 12.4. The number of carbonyl (C=O) groups is 1. The van der Waals surface area contributed by atoms with Gasteiger partial charge in [0, 0.05) is 12.3 Å². The predicted molar refractivity (Wildman–Crippen MR) is 135 cm³/mol. The molecule has 2 N–H and O–H groups in total. The first-order chi connectivity index (χ1) is 17.1. The molecule has 0 aromatic heterocycles. The molecule has 0 fully saturated rings. The average molecular weight is 530 g/mol. The average Bonchev–Trinajstić information content (AvgIpc) is 3.04. The normalized spacial score (nSPS) is 16.1. The Bertz CT molecular complexity index is 1480. The van der Waals surface area contributed by atoms with Crippen molar-refractivity contribution >= 4 is 25.8 Å². The molecule has 0 spiro atoms. The fourth-order valence-corrected chi connectivity index (χ4v) is 7.34. The van der Waals surface area contributed by atoms with E-state index in [-0.39, 0.29) is 9.79 Å². The van der Waals surface area contributed by atoms with E-state index in [1.54, 1.807) is 24.3 Å². The fraction of sp³-hybridized carbons (Fsp3) is 0.269. The molecule has 1 unspecified atom stereocenters. The van der Waals surface area contributed by atoms with Gasteiger partial charge in [0.25, 0.3) is 0 Å². The molecule has 0 radical (unpaired) electrons. The van der Waals surface area contributed by atoms with Crippen molar-refractivity contribution in [1.82, 2.24) is 4.72 Å². The van der Waals surface area contributed by atoms with Gasteiger partial charge < -0.3 is 9.84 Å². The van der Waals surface area contributed by atoms with Gasteiger partial charge in [-0.3, -0.25) is 0 Å². The van der Waals surface area contributed by atoms with E-state index in [0.717, 1.165) is 30.2 Å². The molecule has 0 aliphatic heterocycles. The third-order valence-corrected chi connectivity index (χ3v) is 8.90. The maximum Gasteiger partial charge on any atom is 0.341 e. The zero-order chi connectivity index (χ0) is 25.9. The topological polar surface area (TPSA) is 127 Å². The number of fused-ring (bicyclic) bond motifs is 1. The molecule has 1 atom stereocenters. The molecule has 10 heteroatoms. The number of nitrogens with one attached hydrogen (secondary N) is 1. The van der Waals surface area contributed by atoms with Crippen LogP contribution in [0.4, 0.5) is 0 Å². The first-order valence-electron chi connectivity index (χ1n) is 11.4. The minimum absolute atomic E-state index is 0.274. The third-order valence-electron chi connectivity index (χ3n) is 6.10. The Balaban J connectivity index is 1.73. The summed E-state index contributed by atoms with van der Waals surface area (Å²) in [6, 6.07) is 18.0. The molecule has 4 rings (SSSR count). The van der Waals surface area contributed by atoms with Crippen molar-refractivity contribution in [2.24, 2.45) is 0 Å². The highest BCUT2D eigenvalue weighted by Crippen LogP contribution is 2.36. The molecule has 3 aromatic carbocycles. The Hall–Kier alpha value is -3.21. The summed E-state index contributed by atoms with van der Waals surface area (Å²) in [5.41, 5.74) is 2.81. The summed E-state index contributed by atoms with van der Waals surface area (Å²) in [7, 11) is -8.11. The van der Waals surface area contributed by atoms with Crippen LogP contribution in [0.1, 0.15) is 36.4 Å². The van der Waals surface area contributed by atoms with Gasteiger partial charge in [0.05, 0.1) is 4.90 Å². The first-order valence-corrected chi connectivity index (χ1v) is 14.8. The minimum atomic E-state index is -4.23. The lowest BCUT2D eigenvalue weighted by molar-refractivity contribution is -0.139. The van der Waals surface area contributed by atoms with Crippen molar-refractivity contribution in [2.45, 2.75) is 41.5 Å². The third kappa shape index (κ3) is 5.77. The number of sulfone groups is 1. The van der Waals surface area contributed by atoms with E-state index in [1.807, 2.05) is 30.3 Å². The van der Waals surface area contributed by atoms with Crippen LogP contribution in [0.2, 0.25) is 0 Å². The van der Waals surface area contributed by atoms with Crippen molar-refractivity contribution in [2.75, 3.05) is 12.9 Å². The molecule has 8 nitrogen and oxygen atoms in total. The minimum Gasteiger partial charge on any atom is -0.482 e. The van der Waals surface area contributed by atoms with Crippen molar-refractivity contribution in [3.05, 3.63) is 77.9 Å². The van der Waals surface area contributed by atoms with E-state index in [9.17, 15) is 21.6 Å². The van der Waals surface area contributed by atoms with Crippen molar-refractivity contribution in [1.29, 1.82) is 0 Å². The number of carboxylic acids is 1. The van der Waals surface area contributed by atoms with E-state index in [4.69, 9.17) is 9.84 Å². The van der Waals surface area contributed by atoms with Gasteiger partial charge in [-0.25, -0.2) is 26.4 Å². The summed E-state index contributed by atoms with van der Waals surface area (Å²) in [4.78, 5) is 10.4. The van der Waals surface area contributed by atoms with Crippen LogP contribution >= 0.6 is 0 Å². The van der Waals surface area contributed by atoms with Gasteiger partial charge in [0.2, 0.25) is 10.0 Å². The van der Waals surface area contributed by atoms with Gasteiger partial charge in [-0.15, -0.1) is 0 Å². The SMILES string of the molecule is CS(=O)(=O)c1cc(-c2ccccc2)ccc1S(=O)(=O)NC1CCCCc2c(OCC(=O)O)cccc21. The van der Waals surface area contributed by atoms with E-state index >= 15 is 0 Å².